The van der Waals surface area contributed by atoms with E-state index in [1.54, 1.807) is 0 Å². The molecule has 0 heterocycles. The summed E-state index contributed by atoms with van der Waals surface area (Å²) in [5.74, 6) is 0.897. The predicted molar refractivity (Wildman–Crippen MR) is 90.7 cm³/mol. The zero-order valence-electron chi connectivity index (χ0n) is 11.0. The number of thiol groups is 1. The van der Waals surface area contributed by atoms with Gasteiger partial charge in [0.05, 0.1) is 0 Å². The van der Waals surface area contributed by atoms with E-state index in [1.165, 1.54) is 16.8 Å². The lowest BCUT2D eigenvalue weighted by molar-refractivity contribution is 0.774. The van der Waals surface area contributed by atoms with Crippen LogP contribution in [0.15, 0.2) is 60.7 Å². The van der Waals surface area contributed by atoms with Gasteiger partial charge in [0.25, 0.3) is 0 Å². The van der Waals surface area contributed by atoms with Gasteiger partial charge in [-0.15, -0.1) is 0 Å². The van der Waals surface area contributed by atoms with Crippen molar-refractivity contribution in [3.8, 4) is 0 Å². The summed E-state index contributed by atoms with van der Waals surface area (Å²) in [6.45, 7) is 2.03. The highest BCUT2D eigenvalue weighted by Gasteiger charge is 2.12. The van der Waals surface area contributed by atoms with Gasteiger partial charge in [-0.2, -0.15) is 12.6 Å². The summed E-state index contributed by atoms with van der Waals surface area (Å²) < 4.78 is 0. The van der Waals surface area contributed by atoms with E-state index in [0.29, 0.717) is 0 Å². The van der Waals surface area contributed by atoms with Crippen molar-refractivity contribution in [1.82, 2.24) is 5.32 Å². The molecular formula is C16H20NPS. The lowest BCUT2D eigenvalue weighted by Crippen LogP contribution is -2.24. The Hall–Kier alpha value is -0.820. The number of nitrogens with one attached hydrogen (secondary N) is 1. The van der Waals surface area contributed by atoms with E-state index in [4.69, 9.17) is 0 Å². The summed E-state index contributed by atoms with van der Waals surface area (Å²) in [7, 11) is -0.255. The van der Waals surface area contributed by atoms with Crippen LogP contribution in [0.1, 0.15) is 0 Å². The third-order valence-electron chi connectivity index (χ3n) is 2.94. The van der Waals surface area contributed by atoms with E-state index in [1.807, 2.05) is 0 Å². The third kappa shape index (κ3) is 4.65. The molecule has 0 atom stereocenters. The van der Waals surface area contributed by atoms with Gasteiger partial charge in [0.1, 0.15) is 0 Å². The largest absolute Gasteiger partial charge is 0.316 e. The van der Waals surface area contributed by atoms with E-state index >= 15 is 0 Å². The van der Waals surface area contributed by atoms with Gasteiger partial charge in [0, 0.05) is 12.3 Å². The maximum atomic E-state index is 4.23. The van der Waals surface area contributed by atoms with Gasteiger partial charge in [-0.25, -0.2) is 0 Å². The molecule has 0 fully saturated rings. The SMILES string of the molecule is SCCNCCP(c1ccccc1)c1ccccc1. The number of hydrogen-bond acceptors (Lipinski definition) is 2. The van der Waals surface area contributed by atoms with Crippen molar-refractivity contribution in [1.29, 1.82) is 0 Å². The van der Waals surface area contributed by atoms with E-state index in [2.05, 4.69) is 78.6 Å². The zero-order valence-corrected chi connectivity index (χ0v) is 12.8. The summed E-state index contributed by atoms with van der Waals surface area (Å²) in [5.41, 5.74) is 0. The third-order valence-corrected chi connectivity index (χ3v) is 5.67. The van der Waals surface area contributed by atoms with Crippen molar-refractivity contribution >= 4 is 31.2 Å². The summed E-state index contributed by atoms with van der Waals surface area (Å²) in [6.07, 6.45) is 1.18. The van der Waals surface area contributed by atoms with Crippen molar-refractivity contribution in [3.63, 3.8) is 0 Å². The summed E-state index contributed by atoms with van der Waals surface area (Å²) >= 11 is 4.23. The van der Waals surface area contributed by atoms with Crippen LogP contribution in [-0.2, 0) is 0 Å². The minimum atomic E-state index is -0.255. The Morgan fingerprint density at radius 1 is 0.789 bits per heavy atom. The van der Waals surface area contributed by atoms with Crippen molar-refractivity contribution < 1.29 is 0 Å². The molecule has 0 saturated heterocycles. The summed E-state index contributed by atoms with van der Waals surface area (Å²) in [5, 5.41) is 6.35. The molecule has 1 nitrogen and oxygen atoms in total. The molecule has 0 amide bonds. The molecule has 0 bridgehead atoms. The first kappa shape index (κ1) is 14.6. The predicted octanol–water partition coefficient (Wildman–Crippen LogP) is 2.64. The smallest absolute Gasteiger partial charge is 0.00398 e. The molecular weight excluding hydrogens is 269 g/mol. The van der Waals surface area contributed by atoms with E-state index in [0.717, 1.165) is 18.8 Å². The van der Waals surface area contributed by atoms with E-state index in [-0.39, 0.29) is 7.92 Å². The Balaban J connectivity index is 2.10. The highest BCUT2D eigenvalue weighted by molar-refractivity contribution is 7.80. The van der Waals surface area contributed by atoms with Crippen LogP contribution in [-0.4, -0.2) is 25.0 Å². The van der Waals surface area contributed by atoms with Crippen molar-refractivity contribution in [2.24, 2.45) is 0 Å². The second-order valence-corrected chi connectivity index (χ2v) is 7.08. The zero-order chi connectivity index (χ0) is 13.3. The van der Waals surface area contributed by atoms with Gasteiger partial charge in [-0.3, -0.25) is 0 Å². The molecule has 1 N–H and O–H groups in total. The first-order valence-electron chi connectivity index (χ1n) is 6.61. The second-order valence-electron chi connectivity index (χ2n) is 4.30. The Kier molecular flexibility index (Phi) is 6.43. The molecule has 0 saturated carbocycles. The second kappa shape index (κ2) is 8.37. The van der Waals surface area contributed by atoms with Crippen LogP contribution < -0.4 is 15.9 Å². The molecule has 2 aromatic rings. The van der Waals surface area contributed by atoms with Crippen molar-refractivity contribution in [3.05, 3.63) is 60.7 Å². The van der Waals surface area contributed by atoms with Crippen LogP contribution in [0.3, 0.4) is 0 Å². The van der Waals surface area contributed by atoms with Crippen LogP contribution in [0.2, 0.25) is 0 Å². The Morgan fingerprint density at radius 3 is 1.79 bits per heavy atom. The molecule has 19 heavy (non-hydrogen) atoms. The standard InChI is InChI=1S/C16H20NPS/c19-14-12-17-11-13-18(15-7-3-1-4-8-15)16-9-5-2-6-10-16/h1-10,17,19H,11-14H2. The minimum absolute atomic E-state index is 0.255. The quantitative estimate of drug-likeness (QED) is 0.454. The maximum absolute atomic E-state index is 4.23. The van der Waals surface area contributed by atoms with Gasteiger partial charge in [0.2, 0.25) is 0 Å². The lowest BCUT2D eigenvalue weighted by atomic mass is 10.4. The molecule has 0 aliphatic heterocycles. The van der Waals surface area contributed by atoms with Gasteiger partial charge in [-0.05, 0) is 31.2 Å². The van der Waals surface area contributed by atoms with Crippen LogP contribution in [0.25, 0.3) is 0 Å². The van der Waals surface area contributed by atoms with Crippen molar-refractivity contribution in [2.45, 2.75) is 0 Å². The van der Waals surface area contributed by atoms with Crippen molar-refractivity contribution in [2.75, 3.05) is 25.0 Å². The molecule has 0 radical (unpaired) electrons. The molecule has 0 aliphatic rings. The Bertz CT molecular complexity index is 421. The first-order valence-corrected chi connectivity index (χ1v) is 8.77. The molecule has 2 aromatic carbocycles. The molecule has 100 valence electrons. The van der Waals surface area contributed by atoms with Gasteiger partial charge in [0.15, 0.2) is 0 Å². The molecule has 0 unspecified atom stereocenters. The van der Waals surface area contributed by atoms with Crippen LogP contribution in [0.4, 0.5) is 0 Å². The average Bonchev–Trinajstić information content (AvgIpc) is 2.49. The average molecular weight is 289 g/mol. The Labute approximate surface area is 122 Å². The summed E-state index contributed by atoms with van der Waals surface area (Å²) in [6, 6.07) is 21.7. The number of rotatable bonds is 7. The fourth-order valence-corrected chi connectivity index (χ4v) is 4.44. The molecule has 0 aromatic heterocycles. The number of benzene rings is 2. The highest BCUT2D eigenvalue weighted by atomic mass is 32.1. The first-order chi connectivity index (χ1) is 9.42. The monoisotopic (exact) mass is 289 g/mol. The molecule has 3 heteroatoms. The maximum Gasteiger partial charge on any atom is 0.00398 e. The van der Waals surface area contributed by atoms with Crippen LogP contribution in [0.5, 0.6) is 0 Å². The van der Waals surface area contributed by atoms with E-state index in [9.17, 15) is 0 Å². The Morgan fingerprint density at radius 2 is 1.32 bits per heavy atom. The normalized spacial score (nSPS) is 10.8. The summed E-state index contributed by atoms with van der Waals surface area (Å²) in [4.78, 5) is 0. The minimum Gasteiger partial charge on any atom is -0.316 e. The van der Waals surface area contributed by atoms with Crippen LogP contribution in [0, 0.1) is 0 Å². The van der Waals surface area contributed by atoms with E-state index < -0.39 is 0 Å². The molecule has 2 rings (SSSR count). The molecule has 0 spiro atoms. The topological polar surface area (TPSA) is 12.0 Å². The van der Waals surface area contributed by atoms with Gasteiger partial charge < -0.3 is 5.32 Å². The van der Waals surface area contributed by atoms with Gasteiger partial charge >= 0.3 is 0 Å². The molecule has 0 aliphatic carbocycles. The van der Waals surface area contributed by atoms with Crippen LogP contribution >= 0.6 is 20.6 Å². The fourth-order valence-electron chi connectivity index (χ4n) is 2.02. The lowest BCUT2D eigenvalue weighted by Gasteiger charge is -2.18. The fraction of sp³-hybridized carbons (Fsp3) is 0.250. The van der Waals surface area contributed by atoms with Gasteiger partial charge in [-0.1, -0.05) is 60.7 Å². The highest BCUT2D eigenvalue weighted by Crippen LogP contribution is 2.32. The number of hydrogen-bond donors (Lipinski definition) is 2.